The van der Waals surface area contributed by atoms with Gasteiger partial charge in [-0.05, 0) is 38.8 Å². The van der Waals surface area contributed by atoms with Crippen molar-refractivity contribution in [2.24, 2.45) is 5.92 Å². The van der Waals surface area contributed by atoms with Crippen LogP contribution in [0.25, 0.3) is 0 Å². The third-order valence-electron chi connectivity index (χ3n) is 4.10. The van der Waals surface area contributed by atoms with Crippen LogP contribution in [0.5, 0.6) is 0 Å². The fourth-order valence-electron chi connectivity index (χ4n) is 3.15. The SMILES string of the molecule is CCC1(CC)C(=O)C2CCN1CC2. The van der Waals surface area contributed by atoms with E-state index in [-0.39, 0.29) is 5.54 Å². The number of ketones is 1. The maximum Gasteiger partial charge on any atom is 0.156 e. The Balaban J connectivity index is 2.31. The number of Topliss-reactive ketones (excluding diaryl/α,β-unsaturated/α-hetero) is 1. The van der Waals surface area contributed by atoms with Crippen LogP contribution in [0.1, 0.15) is 39.5 Å². The first-order valence-electron chi connectivity index (χ1n) is 5.54. The Morgan fingerprint density at radius 3 is 2.15 bits per heavy atom. The first kappa shape index (κ1) is 9.20. The zero-order chi connectivity index (χ0) is 9.47. The van der Waals surface area contributed by atoms with Gasteiger partial charge in [-0.1, -0.05) is 13.8 Å². The highest BCUT2D eigenvalue weighted by molar-refractivity contribution is 5.91. The summed E-state index contributed by atoms with van der Waals surface area (Å²) in [6.45, 7) is 6.61. The van der Waals surface area contributed by atoms with Crippen LogP contribution < -0.4 is 0 Å². The Kier molecular flexibility index (Phi) is 2.18. The maximum atomic E-state index is 12.1. The molecule has 0 aliphatic carbocycles. The van der Waals surface area contributed by atoms with E-state index in [9.17, 15) is 4.79 Å². The molecule has 0 amide bonds. The van der Waals surface area contributed by atoms with Crippen molar-refractivity contribution in [2.75, 3.05) is 13.1 Å². The summed E-state index contributed by atoms with van der Waals surface area (Å²) in [7, 11) is 0. The van der Waals surface area contributed by atoms with Gasteiger partial charge in [0.05, 0.1) is 5.54 Å². The van der Waals surface area contributed by atoms with Crippen LogP contribution in [-0.2, 0) is 4.79 Å². The third-order valence-corrected chi connectivity index (χ3v) is 4.10. The molecule has 2 nitrogen and oxygen atoms in total. The summed E-state index contributed by atoms with van der Waals surface area (Å²) in [6, 6.07) is 0. The van der Waals surface area contributed by atoms with E-state index in [0.717, 1.165) is 38.8 Å². The zero-order valence-corrected chi connectivity index (χ0v) is 8.68. The van der Waals surface area contributed by atoms with Gasteiger partial charge in [-0.25, -0.2) is 0 Å². The highest BCUT2D eigenvalue weighted by Gasteiger charge is 2.50. The van der Waals surface area contributed by atoms with E-state index >= 15 is 0 Å². The summed E-state index contributed by atoms with van der Waals surface area (Å²) in [6.07, 6.45) is 4.22. The largest absolute Gasteiger partial charge is 0.297 e. The summed E-state index contributed by atoms with van der Waals surface area (Å²) >= 11 is 0. The predicted octanol–water partition coefficient (Wildman–Crippen LogP) is 1.84. The summed E-state index contributed by atoms with van der Waals surface area (Å²) in [5.41, 5.74) is -0.0683. The minimum atomic E-state index is -0.0683. The standard InChI is InChI=1S/C11H19NO/c1-3-11(4-2)10(13)9-5-7-12(11)8-6-9/h9H,3-8H2,1-2H3. The molecular weight excluding hydrogens is 162 g/mol. The number of rotatable bonds is 2. The number of piperidine rings is 3. The second kappa shape index (κ2) is 3.09. The van der Waals surface area contributed by atoms with Crippen molar-refractivity contribution >= 4 is 5.78 Å². The number of fused-ring (bicyclic) bond motifs is 3. The molecule has 0 atom stereocenters. The van der Waals surface area contributed by atoms with Crippen LogP contribution >= 0.6 is 0 Å². The van der Waals surface area contributed by atoms with Gasteiger partial charge in [-0.15, -0.1) is 0 Å². The van der Waals surface area contributed by atoms with Crippen molar-refractivity contribution in [1.82, 2.24) is 4.90 Å². The summed E-state index contributed by atoms with van der Waals surface area (Å²) < 4.78 is 0. The molecule has 0 aromatic rings. The Labute approximate surface area is 80.3 Å². The number of carbonyl (C=O) groups excluding carboxylic acids is 1. The first-order valence-corrected chi connectivity index (χ1v) is 5.54. The van der Waals surface area contributed by atoms with Crippen LogP contribution in [0, 0.1) is 5.92 Å². The van der Waals surface area contributed by atoms with Gasteiger partial charge in [0.1, 0.15) is 0 Å². The predicted molar refractivity (Wildman–Crippen MR) is 52.6 cm³/mol. The Morgan fingerprint density at radius 1 is 1.31 bits per heavy atom. The molecule has 0 radical (unpaired) electrons. The molecule has 3 rings (SSSR count). The second-order valence-electron chi connectivity index (χ2n) is 4.36. The molecule has 0 unspecified atom stereocenters. The topological polar surface area (TPSA) is 20.3 Å². The number of hydrogen-bond acceptors (Lipinski definition) is 2. The van der Waals surface area contributed by atoms with Gasteiger partial charge in [0.25, 0.3) is 0 Å². The quantitative estimate of drug-likeness (QED) is 0.648. The molecule has 0 saturated carbocycles. The number of nitrogens with zero attached hydrogens (tertiary/aromatic N) is 1. The normalized spacial score (nSPS) is 36.6. The van der Waals surface area contributed by atoms with Crippen molar-refractivity contribution in [3.63, 3.8) is 0 Å². The Bertz CT molecular complexity index is 212. The van der Waals surface area contributed by atoms with Gasteiger partial charge in [0.15, 0.2) is 5.78 Å². The van der Waals surface area contributed by atoms with Gasteiger partial charge in [0.2, 0.25) is 0 Å². The van der Waals surface area contributed by atoms with Crippen LogP contribution in [0.15, 0.2) is 0 Å². The van der Waals surface area contributed by atoms with E-state index in [1.54, 1.807) is 0 Å². The van der Waals surface area contributed by atoms with Gasteiger partial charge >= 0.3 is 0 Å². The molecule has 3 aliphatic heterocycles. The van der Waals surface area contributed by atoms with E-state index in [1.807, 2.05) is 0 Å². The number of carbonyl (C=O) groups is 1. The second-order valence-corrected chi connectivity index (χ2v) is 4.36. The van der Waals surface area contributed by atoms with Crippen LogP contribution in [0.2, 0.25) is 0 Å². The molecule has 3 aliphatic rings. The first-order chi connectivity index (χ1) is 6.24. The molecule has 3 saturated heterocycles. The molecule has 13 heavy (non-hydrogen) atoms. The van der Waals surface area contributed by atoms with E-state index in [1.165, 1.54) is 0 Å². The molecule has 2 bridgehead atoms. The van der Waals surface area contributed by atoms with Crippen LogP contribution in [-0.4, -0.2) is 29.3 Å². The molecule has 74 valence electrons. The minimum absolute atomic E-state index is 0.0683. The lowest BCUT2D eigenvalue weighted by Crippen LogP contribution is -2.64. The highest BCUT2D eigenvalue weighted by Crippen LogP contribution is 2.39. The fourth-order valence-corrected chi connectivity index (χ4v) is 3.15. The molecule has 0 spiro atoms. The van der Waals surface area contributed by atoms with Crippen molar-refractivity contribution in [3.05, 3.63) is 0 Å². The Hall–Kier alpha value is -0.370. The Morgan fingerprint density at radius 2 is 1.85 bits per heavy atom. The number of hydrogen-bond donors (Lipinski definition) is 0. The molecule has 2 heteroatoms. The lowest BCUT2D eigenvalue weighted by Gasteiger charge is -2.52. The van der Waals surface area contributed by atoms with E-state index in [0.29, 0.717) is 11.7 Å². The van der Waals surface area contributed by atoms with Crippen molar-refractivity contribution in [2.45, 2.75) is 45.1 Å². The average molecular weight is 181 g/mol. The molecule has 3 heterocycles. The molecule has 0 aromatic carbocycles. The summed E-state index contributed by atoms with van der Waals surface area (Å²) in [5, 5.41) is 0. The summed E-state index contributed by atoms with van der Waals surface area (Å²) in [4.78, 5) is 14.6. The van der Waals surface area contributed by atoms with Crippen molar-refractivity contribution in [1.29, 1.82) is 0 Å². The van der Waals surface area contributed by atoms with Gasteiger partial charge in [-0.3, -0.25) is 9.69 Å². The molecule has 3 fully saturated rings. The minimum Gasteiger partial charge on any atom is -0.297 e. The van der Waals surface area contributed by atoms with Gasteiger partial charge in [-0.2, -0.15) is 0 Å². The highest BCUT2D eigenvalue weighted by atomic mass is 16.1. The van der Waals surface area contributed by atoms with Gasteiger partial charge < -0.3 is 0 Å². The summed E-state index contributed by atoms with van der Waals surface area (Å²) in [5.74, 6) is 0.930. The molecule has 0 aromatic heterocycles. The third kappa shape index (κ3) is 1.08. The lowest BCUT2D eigenvalue weighted by atomic mass is 9.70. The zero-order valence-electron chi connectivity index (χ0n) is 8.68. The monoisotopic (exact) mass is 181 g/mol. The average Bonchev–Trinajstić information content (AvgIpc) is 2.21. The fraction of sp³-hybridized carbons (Fsp3) is 0.909. The lowest BCUT2D eigenvalue weighted by molar-refractivity contribution is -0.148. The molecule has 0 N–H and O–H groups in total. The smallest absolute Gasteiger partial charge is 0.156 e. The van der Waals surface area contributed by atoms with Gasteiger partial charge in [0, 0.05) is 5.92 Å². The maximum absolute atomic E-state index is 12.1. The molecular formula is C11H19NO. The van der Waals surface area contributed by atoms with Crippen LogP contribution in [0.3, 0.4) is 0 Å². The van der Waals surface area contributed by atoms with Crippen LogP contribution in [0.4, 0.5) is 0 Å². The van der Waals surface area contributed by atoms with E-state index in [2.05, 4.69) is 18.7 Å². The van der Waals surface area contributed by atoms with E-state index in [4.69, 9.17) is 0 Å². The van der Waals surface area contributed by atoms with Crippen molar-refractivity contribution in [3.8, 4) is 0 Å². The van der Waals surface area contributed by atoms with E-state index < -0.39 is 0 Å². The van der Waals surface area contributed by atoms with Crippen molar-refractivity contribution < 1.29 is 4.79 Å².